The number of halogens is 2. The summed E-state index contributed by atoms with van der Waals surface area (Å²) in [7, 11) is 1.36. The Bertz CT molecular complexity index is 1190. The molecule has 150 valence electrons. The van der Waals surface area contributed by atoms with Gasteiger partial charge in [0.05, 0.1) is 10.5 Å². The highest BCUT2D eigenvalue weighted by atomic mass is 35.5. The Morgan fingerprint density at radius 1 is 1.28 bits per heavy atom. The van der Waals surface area contributed by atoms with E-state index in [2.05, 4.69) is 0 Å². The van der Waals surface area contributed by atoms with Gasteiger partial charge >= 0.3 is 5.97 Å². The fourth-order valence-corrected chi connectivity index (χ4v) is 2.91. The molecular weight excluding hydrogens is 407 g/mol. The minimum atomic E-state index is -1.30. The third-order valence-corrected chi connectivity index (χ3v) is 4.40. The molecule has 0 atom stereocenters. The smallest absolute Gasteiger partial charge is 0.322 e. The number of aromatic nitrogens is 1. The Labute approximate surface area is 167 Å². The van der Waals surface area contributed by atoms with Crippen molar-refractivity contribution in [3.63, 3.8) is 0 Å². The molecule has 8 nitrogen and oxygen atoms in total. The van der Waals surface area contributed by atoms with Crippen LogP contribution in [0.25, 0.3) is 10.9 Å². The van der Waals surface area contributed by atoms with Crippen LogP contribution in [0, 0.1) is 5.82 Å². The lowest BCUT2D eigenvalue weighted by Crippen LogP contribution is -2.35. The van der Waals surface area contributed by atoms with Gasteiger partial charge < -0.3 is 24.8 Å². The van der Waals surface area contributed by atoms with Crippen molar-refractivity contribution in [2.75, 3.05) is 6.54 Å². The summed E-state index contributed by atoms with van der Waals surface area (Å²) in [5.41, 5.74) is -1.24. The molecule has 0 saturated heterocycles. The Balaban J connectivity index is 2.08. The van der Waals surface area contributed by atoms with Gasteiger partial charge in [0.1, 0.15) is 23.6 Å². The van der Waals surface area contributed by atoms with Crippen molar-refractivity contribution < 1.29 is 28.9 Å². The number of carbonyl (C=O) groups is 2. The first-order chi connectivity index (χ1) is 13.7. The van der Waals surface area contributed by atoms with E-state index in [9.17, 15) is 23.9 Å². The number of hydrogen-bond acceptors (Lipinski definition) is 5. The highest BCUT2D eigenvalue weighted by molar-refractivity contribution is 6.32. The average Bonchev–Trinajstić information content (AvgIpc) is 2.67. The Kier molecular flexibility index (Phi) is 5.42. The molecule has 0 bridgehead atoms. The molecule has 0 saturated carbocycles. The number of aromatic hydroxyl groups is 1. The molecule has 0 unspecified atom stereocenters. The van der Waals surface area contributed by atoms with Crippen LogP contribution in [0.5, 0.6) is 17.2 Å². The lowest BCUT2D eigenvalue weighted by Gasteiger charge is -2.14. The van der Waals surface area contributed by atoms with Crippen LogP contribution in [0.4, 0.5) is 4.39 Å². The van der Waals surface area contributed by atoms with Crippen molar-refractivity contribution >= 4 is 34.4 Å². The lowest BCUT2D eigenvalue weighted by molar-refractivity contribution is -0.135. The van der Waals surface area contributed by atoms with Crippen LogP contribution in [-0.2, 0) is 11.8 Å². The minimum Gasteiger partial charge on any atom is -0.506 e. The number of rotatable bonds is 5. The number of benzene rings is 2. The van der Waals surface area contributed by atoms with Gasteiger partial charge in [0, 0.05) is 18.5 Å². The maximum absolute atomic E-state index is 13.9. The first kappa shape index (κ1) is 20.2. The fraction of sp³-hybridized carbons (Fsp3) is 0.105. The van der Waals surface area contributed by atoms with Crippen molar-refractivity contribution in [3.05, 3.63) is 63.2 Å². The maximum Gasteiger partial charge on any atom is 0.322 e. The van der Waals surface area contributed by atoms with Crippen molar-refractivity contribution in [1.29, 1.82) is 0 Å². The van der Waals surface area contributed by atoms with Gasteiger partial charge in [0.2, 0.25) is 0 Å². The SMILES string of the molecule is Cn1c(=O)c(C(=O)NCC(=O)O)c(O)c2ccc(Oc3c(F)cccc3Cl)cc21. The van der Waals surface area contributed by atoms with Crippen molar-refractivity contribution in [3.8, 4) is 17.2 Å². The molecule has 0 radical (unpaired) electrons. The average molecular weight is 421 g/mol. The van der Waals surface area contributed by atoms with Crippen molar-refractivity contribution in [2.45, 2.75) is 0 Å². The second-order valence-electron chi connectivity index (χ2n) is 6.00. The zero-order chi connectivity index (χ0) is 21.3. The summed E-state index contributed by atoms with van der Waals surface area (Å²) < 4.78 is 20.5. The van der Waals surface area contributed by atoms with Gasteiger partial charge in [-0.05, 0) is 24.3 Å². The van der Waals surface area contributed by atoms with Crippen LogP contribution >= 0.6 is 11.6 Å². The predicted octanol–water partition coefficient (Wildman–Crippen LogP) is 2.64. The summed E-state index contributed by atoms with van der Waals surface area (Å²) in [6.07, 6.45) is 0. The van der Waals surface area contributed by atoms with Crippen LogP contribution in [0.3, 0.4) is 0 Å². The number of carboxylic acids is 1. The first-order valence-electron chi connectivity index (χ1n) is 8.18. The van der Waals surface area contributed by atoms with E-state index in [0.717, 1.165) is 4.57 Å². The molecule has 29 heavy (non-hydrogen) atoms. The summed E-state index contributed by atoms with van der Waals surface area (Å²) in [5.74, 6) is -3.68. The van der Waals surface area contributed by atoms with E-state index in [1.807, 2.05) is 5.32 Å². The molecule has 0 aliphatic rings. The van der Waals surface area contributed by atoms with Gasteiger partial charge in [0.15, 0.2) is 11.6 Å². The number of para-hydroxylation sites is 1. The quantitative estimate of drug-likeness (QED) is 0.584. The van der Waals surface area contributed by atoms with Crippen molar-refractivity contribution in [2.24, 2.45) is 7.05 Å². The number of hydrogen-bond donors (Lipinski definition) is 3. The summed E-state index contributed by atoms with van der Waals surface area (Å²) in [6.45, 7) is -0.713. The van der Waals surface area contributed by atoms with E-state index >= 15 is 0 Å². The summed E-state index contributed by atoms with van der Waals surface area (Å²) in [4.78, 5) is 35.3. The van der Waals surface area contributed by atoms with Gasteiger partial charge in [0.25, 0.3) is 11.5 Å². The van der Waals surface area contributed by atoms with Crippen LogP contribution in [0.2, 0.25) is 5.02 Å². The van der Waals surface area contributed by atoms with E-state index in [1.54, 1.807) is 0 Å². The van der Waals surface area contributed by atoms with Gasteiger partial charge in [-0.25, -0.2) is 4.39 Å². The predicted molar refractivity (Wildman–Crippen MR) is 102 cm³/mol. The van der Waals surface area contributed by atoms with Crippen molar-refractivity contribution in [1.82, 2.24) is 9.88 Å². The largest absolute Gasteiger partial charge is 0.506 e. The molecule has 0 spiro atoms. The first-order valence-corrected chi connectivity index (χ1v) is 8.56. The zero-order valence-corrected chi connectivity index (χ0v) is 15.7. The van der Waals surface area contributed by atoms with Gasteiger partial charge in [-0.1, -0.05) is 17.7 Å². The van der Waals surface area contributed by atoms with Crippen LogP contribution in [0.1, 0.15) is 10.4 Å². The molecular formula is C19H14ClFN2O6. The number of carboxylic acid groups (broad SMARTS) is 1. The second kappa shape index (κ2) is 7.80. The van der Waals surface area contributed by atoms with Gasteiger partial charge in [-0.2, -0.15) is 0 Å². The monoisotopic (exact) mass is 420 g/mol. The van der Waals surface area contributed by atoms with Crippen LogP contribution in [0.15, 0.2) is 41.2 Å². The highest BCUT2D eigenvalue weighted by Gasteiger charge is 2.22. The summed E-state index contributed by atoms with van der Waals surface area (Å²) in [6, 6.07) is 8.19. The van der Waals surface area contributed by atoms with E-state index in [-0.39, 0.29) is 27.4 Å². The standard InChI is InChI=1S/C19H14ClFN2O6/c1-23-13-7-9(29-17-11(20)3-2-4-12(17)21)5-6-10(13)16(26)15(19(23)28)18(27)22-8-14(24)25/h2-7,26H,8H2,1H3,(H,22,27)(H,24,25). The number of aryl methyl sites for hydroxylation is 1. The number of aliphatic carboxylic acids is 1. The molecule has 1 aromatic heterocycles. The third kappa shape index (κ3) is 3.85. The molecule has 1 heterocycles. The number of pyridine rings is 1. The van der Waals surface area contributed by atoms with Crippen LogP contribution < -0.4 is 15.6 Å². The number of ether oxygens (including phenoxy) is 1. The molecule has 0 fully saturated rings. The molecule has 2 aromatic carbocycles. The normalized spacial score (nSPS) is 10.7. The van der Waals surface area contributed by atoms with Crippen LogP contribution in [-0.4, -0.2) is 33.2 Å². The number of fused-ring (bicyclic) bond motifs is 1. The van der Waals surface area contributed by atoms with Gasteiger partial charge in [-0.3, -0.25) is 14.4 Å². The Morgan fingerprint density at radius 2 is 2.00 bits per heavy atom. The lowest BCUT2D eigenvalue weighted by atomic mass is 10.1. The van der Waals surface area contributed by atoms with E-state index < -0.39 is 41.1 Å². The van der Waals surface area contributed by atoms with Gasteiger partial charge in [-0.15, -0.1) is 0 Å². The highest BCUT2D eigenvalue weighted by Crippen LogP contribution is 2.34. The Hall–Kier alpha value is -3.59. The van der Waals surface area contributed by atoms with E-state index in [1.165, 1.54) is 43.4 Å². The number of nitrogens with zero attached hydrogens (tertiary/aromatic N) is 1. The summed E-state index contributed by atoms with van der Waals surface area (Å²) >= 11 is 5.94. The zero-order valence-electron chi connectivity index (χ0n) is 14.9. The third-order valence-electron chi connectivity index (χ3n) is 4.11. The second-order valence-corrected chi connectivity index (χ2v) is 6.40. The summed E-state index contributed by atoms with van der Waals surface area (Å²) in [5, 5.41) is 21.3. The fourth-order valence-electron chi connectivity index (χ4n) is 2.71. The number of carbonyl (C=O) groups excluding carboxylic acids is 1. The molecule has 3 rings (SSSR count). The molecule has 10 heteroatoms. The molecule has 0 aliphatic carbocycles. The topological polar surface area (TPSA) is 118 Å². The Morgan fingerprint density at radius 3 is 2.66 bits per heavy atom. The maximum atomic E-state index is 13.9. The molecule has 0 aliphatic heterocycles. The minimum absolute atomic E-state index is 0.0484. The number of nitrogens with one attached hydrogen (secondary N) is 1. The molecule has 1 amide bonds. The molecule has 3 N–H and O–H groups in total. The van der Waals surface area contributed by atoms with E-state index in [0.29, 0.717) is 0 Å². The molecule has 3 aromatic rings. The van der Waals surface area contributed by atoms with E-state index in [4.69, 9.17) is 21.4 Å². The number of amides is 1.